The van der Waals surface area contributed by atoms with Gasteiger partial charge in [-0.3, -0.25) is 0 Å². The van der Waals surface area contributed by atoms with Crippen LogP contribution in [0.5, 0.6) is 0 Å². The van der Waals surface area contributed by atoms with E-state index in [1.54, 1.807) is 0 Å². The lowest BCUT2D eigenvalue weighted by atomic mass is 10.1. The van der Waals surface area contributed by atoms with Crippen LogP contribution in [0.25, 0.3) is 0 Å². The van der Waals surface area contributed by atoms with Gasteiger partial charge in [0.2, 0.25) is 0 Å². The highest BCUT2D eigenvalue weighted by Crippen LogP contribution is 2.39. The molecule has 0 aliphatic heterocycles. The quantitative estimate of drug-likeness (QED) is 0.366. The minimum atomic E-state index is -4.72. The lowest BCUT2D eigenvalue weighted by Gasteiger charge is -2.14. The van der Waals surface area contributed by atoms with Gasteiger partial charge in [-0.15, -0.1) is 23.4 Å². The number of rotatable bonds is 3. The molecule has 0 unspecified atom stereocenters. The molecule has 0 heterocycles. The molecular weight excluding hydrogens is 296 g/mol. The summed E-state index contributed by atoms with van der Waals surface area (Å²) in [6, 6.07) is 1.37. The van der Waals surface area contributed by atoms with Crippen LogP contribution >= 0.6 is 23.4 Å². The van der Waals surface area contributed by atoms with Crippen LogP contribution < -0.4 is 0 Å². The Balaban J connectivity index is 3.42. The van der Waals surface area contributed by atoms with Crippen LogP contribution in [-0.4, -0.2) is 18.3 Å². The second kappa shape index (κ2) is 5.79. The number of benzene rings is 1. The molecular formula is C10H7ClF4O2S. The molecule has 1 aromatic carbocycles. The van der Waals surface area contributed by atoms with Gasteiger partial charge in [-0.25, -0.2) is 9.18 Å². The summed E-state index contributed by atoms with van der Waals surface area (Å²) >= 11 is 5.77. The standard InChI is InChI=1S/C10H7ClF4O2S/c1-17-9(16)5-2-3-6(10(13,14)15)8(7(5)12)18-4-11/h2-3H,4H2,1H3. The molecule has 1 rings (SSSR count). The SMILES string of the molecule is COC(=O)c1ccc(C(F)(F)F)c(SCCl)c1F. The molecule has 8 heteroatoms. The number of alkyl halides is 4. The number of halogens is 5. The van der Waals surface area contributed by atoms with Crippen molar-refractivity contribution in [2.45, 2.75) is 11.1 Å². The second-order valence-electron chi connectivity index (χ2n) is 3.05. The van der Waals surface area contributed by atoms with Crippen LogP contribution in [0.15, 0.2) is 17.0 Å². The maximum Gasteiger partial charge on any atom is 0.417 e. The zero-order valence-electron chi connectivity index (χ0n) is 8.98. The third-order valence-corrected chi connectivity index (χ3v) is 3.13. The fraction of sp³-hybridized carbons (Fsp3) is 0.300. The fourth-order valence-corrected chi connectivity index (χ4v) is 2.25. The molecule has 0 saturated carbocycles. The summed E-state index contributed by atoms with van der Waals surface area (Å²) < 4.78 is 56.0. The summed E-state index contributed by atoms with van der Waals surface area (Å²) in [6.07, 6.45) is -4.72. The number of esters is 1. The molecule has 2 nitrogen and oxygen atoms in total. The third kappa shape index (κ3) is 3.08. The molecule has 100 valence electrons. The lowest BCUT2D eigenvalue weighted by Crippen LogP contribution is -2.12. The summed E-state index contributed by atoms with van der Waals surface area (Å²) in [7, 11) is 1.01. The van der Waals surface area contributed by atoms with Gasteiger partial charge in [-0.2, -0.15) is 13.2 Å². The molecule has 1 aromatic rings. The summed E-state index contributed by atoms with van der Waals surface area (Å²) in [5.41, 5.74) is -1.73. The Bertz CT molecular complexity index is 462. The normalized spacial score (nSPS) is 11.4. The van der Waals surface area contributed by atoms with Crippen molar-refractivity contribution in [3.63, 3.8) is 0 Å². The Kier molecular flexibility index (Phi) is 4.86. The van der Waals surface area contributed by atoms with Crippen LogP contribution in [0.3, 0.4) is 0 Å². The van der Waals surface area contributed by atoms with E-state index in [1.165, 1.54) is 0 Å². The Labute approximate surface area is 109 Å². The average Bonchev–Trinajstić information content (AvgIpc) is 2.29. The number of hydrogen-bond acceptors (Lipinski definition) is 3. The fourth-order valence-electron chi connectivity index (χ4n) is 1.24. The summed E-state index contributed by atoms with van der Waals surface area (Å²) in [4.78, 5) is 10.5. The van der Waals surface area contributed by atoms with Crippen LogP contribution in [0, 0.1) is 5.82 Å². The number of ether oxygens (including phenoxy) is 1. The van der Waals surface area contributed by atoms with Gasteiger partial charge < -0.3 is 4.74 Å². The molecule has 0 N–H and O–H groups in total. The molecule has 0 spiro atoms. The molecule has 0 aliphatic rings. The first-order valence-corrected chi connectivity index (χ1v) is 6.01. The van der Waals surface area contributed by atoms with Crippen LogP contribution in [0.2, 0.25) is 0 Å². The van der Waals surface area contributed by atoms with Gasteiger partial charge in [-0.05, 0) is 12.1 Å². The number of thioether (sulfide) groups is 1. The Morgan fingerprint density at radius 1 is 1.44 bits per heavy atom. The Hall–Kier alpha value is -0.950. The highest BCUT2D eigenvalue weighted by atomic mass is 35.5. The average molecular weight is 303 g/mol. The van der Waals surface area contributed by atoms with Gasteiger partial charge in [0, 0.05) is 0 Å². The van der Waals surface area contributed by atoms with Crippen molar-refractivity contribution in [1.82, 2.24) is 0 Å². The van der Waals surface area contributed by atoms with Gasteiger partial charge in [0.15, 0.2) is 5.82 Å². The predicted octanol–water partition coefficient (Wildman–Crippen LogP) is 3.92. The van der Waals surface area contributed by atoms with Gasteiger partial charge in [-0.1, -0.05) is 0 Å². The van der Waals surface area contributed by atoms with E-state index in [1.807, 2.05) is 0 Å². The van der Waals surface area contributed by atoms with Crippen molar-refractivity contribution in [3.8, 4) is 0 Å². The zero-order chi connectivity index (χ0) is 13.9. The Morgan fingerprint density at radius 3 is 2.50 bits per heavy atom. The molecule has 0 aromatic heterocycles. The molecule has 0 saturated heterocycles. The van der Waals surface area contributed by atoms with E-state index in [-0.39, 0.29) is 5.21 Å². The molecule has 0 aliphatic carbocycles. The third-order valence-electron chi connectivity index (χ3n) is 2.01. The van der Waals surface area contributed by atoms with E-state index in [0.29, 0.717) is 17.8 Å². The summed E-state index contributed by atoms with van der Waals surface area (Å²) in [5.74, 6) is -2.32. The molecule has 0 bridgehead atoms. The highest BCUT2D eigenvalue weighted by molar-refractivity contribution is 8.00. The topological polar surface area (TPSA) is 26.3 Å². The highest BCUT2D eigenvalue weighted by Gasteiger charge is 2.36. The summed E-state index contributed by atoms with van der Waals surface area (Å²) in [6.45, 7) is 0. The van der Waals surface area contributed by atoms with Crippen molar-refractivity contribution in [1.29, 1.82) is 0 Å². The maximum absolute atomic E-state index is 13.8. The second-order valence-corrected chi connectivity index (χ2v) is 4.62. The van der Waals surface area contributed by atoms with Crippen LogP contribution in [-0.2, 0) is 10.9 Å². The Morgan fingerprint density at radius 2 is 2.06 bits per heavy atom. The monoisotopic (exact) mass is 302 g/mol. The van der Waals surface area contributed by atoms with Gasteiger partial charge in [0.25, 0.3) is 0 Å². The zero-order valence-corrected chi connectivity index (χ0v) is 10.5. The number of methoxy groups -OCH3 is 1. The first-order valence-electron chi connectivity index (χ1n) is 4.49. The molecule has 0 amide bonds. The molecule has 0 fully saturated rings. The number of carbonyl (C=O) groups is 1. The maximum atomic E-state index is 13.8. The van der Waals surface area contributed by atoms with Gasteiger partial charge in [0.05, 0.1) is 28.3 Å². The minimum Gasteiger partial charge on any atom is -0.465 e. The van der Waals surface area contributed by atoms with Crippen LogP contribution in [0.1, 0.15) is 15.9 Å². The first kappa shape index (κ1) is 15.1. The largest absolute Gasteiger partial charge is 0.465 e. The smallest absolute Gasteiger partial charge is 0.417 e. The van der Waals surface area contributed by atoms with Gasteiger partial charge in [0.1, 0.15) is 0 Å². The predicted molar refractivity (Wildman–Crippen MR) is 59.3 cm³/mol. The number of hydrogen-bond donors (Lipinski definition) is 0. The van der Waals surface area contributed by atoms with Crippen molar-refractivity contribution >= 4 is 29.3 Å². The van der Waals surface area contributed by atoms with Crippen molar-refractivity contribution in [2.75, 3.05) is 12.3 Å². The minimum absolute atomic E-state index is 0.273. The number of carbonyl (C=O) groups excluding carboxylic acids is 1. The first-order chi connectivity index (χ1) is 8.32. The molecule has 0 atom stereocenters. The van der Waals surface area contributed by atoms with E-state index in [2.05, 4.69) is 4.74 Å². The van der Waals surface area contributed by atoms with Gasteiger partial charge >= 0.3 is 12.1 Å². The molecule has 18 heavy (non-hydrogen) atoms. The summed E-state index contributed by atoms with van der Waals surface area (Å²) in [5, 5.41) is -0.273. The van der Waals surface area contributed by atoms with Crippen molar-refractivity contribution in [3.05, 3.63) is 29.1 Å². The van der Waals surface area contributed by atoms with E-state index in [0.717, 1.165) is 13.2 Å². The van der Waals surface area contributed by atoms with E-state index in [9.17, 15) is 22.4 Å². The van der Waals surface area contributed by atoms with E-state index in [4.69, 9.17) is 11.6 Å². The van der Waals surface area contributed by atoms with Crippen molar-refractivity contribution in [2.24, 2.45) is 0 Å². The van der Waals surface area contributed by atoms with E-state index < -0.39 is 34.0 Å². The molecule has 0 radical (unpaired) electrons. The van der Waals surface area contributed by atoms with Crippen LogP contribution in [0.4, 0.5) is 17.6 Å². The van der Waals surface area contributed by atoms with Crippen molar-refractivity contribution < 1.29 is 27.1 Å². The van der Waals surface area contributed by atoms with E-state index >= 15 is 0 Å². The lowest BCUT2D eigenvalue weighted by molar-refractivity contribution is -0.140.